The lowest BCUT2D eigenvalue weighted by atomic mass is 9.96. The zero-order chi connectivity index (χ0) is 16.4. The van der Waals surface area contributed by atoms with Gasteiger partial charge in [0.1, 0.15) is 5.82 Å². The Labute approximate surface area is 137 Å². The summed E-state index contributed by atoms with van der Waals surface area (Å²) in [5.74, 6) is -0.839. The largest absolute Gasteiger partial charge is 0.346 e. The third-order valence-electron chi connectivity index (χ3n) is 3.88. The molecule has 3 rings (SSSR count). The summed E-state index contributed by atoms with van der Waals surface area (Å²) < 4.78 is 13.3. The average molecular weight is 333 g/mol. The van der Waals surface area contributed by atoms with Crippen LogP contribution in [0.25, 0.3) is 10.4 Å². The van der Waals surface area contributed by atoms with E-state index in [1.54, 1.807) is 30.3 Å². The van der Waals surface area contributed by atoms with Gasteiger partial charge in [0.2, 0.25) is 11.8 Å². The van der Waals surface area contributed by atoms with Gasteiger partial charge in [0, 0.05) is 32.1 Å². The summed E-state index contributed by atoms with van der Waals surface area (Å²) in [4.78, 5) is 30.5. The standard InChI is InChI=1S/C16H16FN3O2S/c1-20-6-5-11(8-14(20)21)15(22)19-16-18-9-13(23-16)10-3-2-4-12(17)7-10/h2-4,7,9,11H,5-6,8H2,1H3,(H,18,19,22). The number of anilines is 1. The van der Waals surface area contributed by atoms with Gasteiger partial charge in [0.15, 0.2) is 5.13 Å². The summed E-state index contributed by atoms with van der Waals surface area (Å²) in [6, 6.07) is 6.23. The number of rotatable bonds is 3. The smallest absolute Gasteiger partial charge is 0.229 e. The summed E-state index contributed by atoms with van der Waals surface area (Å²) in [6.07, 6.45) is 2.48. The molecule has 1 aromatic carbocycles. The molecule has 0 spiro atoms. The van der Waals surface area contributed by atoms with E-state index < -0.39 is 0 Å². The van der Waals surface area contributed by atoms with E-state index in [1.807, 2.05) is 0 Å². The van der Waals surface area contributed by atoms with Crippen LogP contribution in [0.1, 0.15) is 12.8 Å². The maximum Gasteiger partial charge on any atom is 0.229 e. The fourth-order valence-electron chi connectivity index (χ4n) is 2.48. The van der Waals surface area contributed by atoms with Crippen molar-refractivity contribution in [2.75, 3.05) is 18.9 Å². The van der Waals surface area contributed by atoms with Gasteiger partial charge in [0.25, 0.3) is 0 Å². The van der Waals surface area contributed by atoms with Crippen molar-refractivity contribution in [3.63, 3.8) is 0 Å². The molecule has 23 heavy (non-hydrogen) atoms. The average Bonchev–Trinajstić information content (AvgIpc) is 2.98. The minimum atomic E-state index is -0.319. The van der Waals surface area contributed by atoms with E-state index in [4.69, 9.17) is 0 Å². The maximum absolute atomic E-state index is 13.3. The number of carbonyl (C=O) groups excluding carboxylic acids is 2. The van der Waals surface area contributed by atoms with Crippen molar-refractivity contribution in [2.24, 2.45) is 5.92 Å². The van der Waals surface area contributed by atoms with Crippen LogP contribution < -0.4 is 5.32 Å². The van der Waals surface area contributed by atoms with Crippen LogP contribution in [-0.4, -0.2) is 35.3 Å². The molecular weight excluding hydrogens is 317 g/mol. The van der Waals surface area contributed by atoms with Crippen molar-refractivity contribution in [1.82, 2.24) is 9.88 Å². The highest BCUT2D eigenvalue weighted by molar-refractivity contribution is 7.19. The molecule has 0 aliphatic carbocycles. The Morgan fingerprint density at radius 2 is 2.30 bits per heavy atom. The van der Waals surface area contributed by atoms with Crippen molar-refractivity contribution in [3.05, 3.63) is 36.3 Å². The fourth-order valence-corrected chi connectivity index (χ4v) is 3.30. The number of amides is 2. The Hall–Kier alpha value is -2.28. The van der Waals surface area contributed by atoms with Crippen molar-refractivity contribution in [3.8, 4) is 10.4 Å². The lowest BCUT2D eigenvalue weighted by Gasteiger charge is -2.27. The number of nitrogens with zero attached hydrogens (tertiary/aromatic N) is 2. The van der Waals surface area contributed by atoms with E-state index in [0.29, 0.717) is 18.1 Å². The van der Waals surface area contributed by atoms with Crippen LogP contribution in [0.5, 0.6) is 0 Å². The Morgan fingerprint density at radius 3 is 3.04 bits per heavy atom. The minimum Gasteiger partial charge on any atom is -0.346 e. The molecule has 120 valence electrons. The van der Waals surface area contributed by atoms with Crippen LogP contribution in [0.3, 0.4) is 0 Å². The van der Waals surface area contributed by atoms with Gasteiger partial charge in [-0.15, -0.1) is 0 Å². The Morgan fingerprint density at radius 1 is 1.48 bits per heavy atom. The summed E-state index contributed by atoms with van der Waals surface area (Å²) >= 11 is 1.28. The van der Waals surface area contributed by atoms with Crippen molar-refractivity contribution >= 4 is 28.3 Å². The molecule has 1 saturated heterocycles. The van der Waals surface area contributed by atoms with Gasteiger partial charge in [-0.05, 0) is 24.1 Å². The number of benzene rings is 1. The van der Waals surface area contributed by atoms with E-state index in [0.717, 1.165) is 10.4 Å². The van der Waals surface area contributed by atoms with E-state index in [2.05, 4.69) is 10.3 Å². The molecule has 0 bridgehead atoms. The summed E-state index contributed by atoms with van der Waals surface area (Å²) in [7, 11) is 1.74. The van der Waals surface area contributed by atoms with Gasteiger partial charge >= 0.3 is 0 Å². The SMILES string of the molecule is CN1CCC(C(=O)Nc2ncc(-c3cccc(F)c3)s2)CC1=O. The number of hydrogen-bond donors (Lipinski definition) is 1. The summed E-state index contributed by atoms with van der Waals surface area (Å²) in [6.45, 7) is 0.587. The highest BCUT2D eigenvalue weighted by Gasteiger charge is 2.29. The third-order valence-corrected chi connectivity index (χ3v) is 4.84. The van der Waals surface area contributed by atoms with Gasteiger partial charge < -0.3 is 10.2 Å². The Kier molecular flexibility index (Phi) is 4.38. The predicted octanol–water partition coefficient (Wildman–Crippen LogP) is 2.76. The molecule has 7 heteroatoms. The second-order valence-electron chi connectivity index (χ2n) is 5.53. The third kappa shape index (κ3) is 3.56. The molecule has 1 atom stereocenters. The number of hydrogen-bond acceptors (Lipinski definition) is 4. The van der Waals surface area contributed by atoms with Gasteiger partial charge in [-0.3, -0.25) is 9.59 Å². The number of thiazole rings is 1. The Balaban J connectivity index is 1.67. The molecule has 2 aromatic rings. The first kappa shape index (κ1) is 15.6. The first-order valence-corrected chi connectivity index (χ1v) is 8.11. The number of likely N-dealkylation sites (tertiary alicyclic amines) is 1. The summed E-state index contributed by atoms with van der Waals surface area (Å²) in [5.41, 5.74) is 0.720. The van der Waals surface area contributed by atoms with Crippen molar-refractivity contribution < 1.29 is 14.0 Å². The molecular formula is C16H16FN3O2S. The van der Waals surface area contributed by atoms with Crippen LogP contribution in [-0.2, 0) is 9.59 Å². The van der Waals surface area contributed by atoms with Gasteiger partial charge in [-0.2, -0.15) is 0 Å². The molecule has 0 radical (unpaired) electrons. The minimum absolute atomic E-state index is 0.0176. The van der Waals surface area contributed by atoms with Gasteiger partial charge in [-0.25, -0.2) is 9.37 Å². The molecule has 2 amide bonds. The lowest BCUT2D eigenvalue weighted by Crippen LogP contribution is -2.39. The quantitative estimate of drug-likeness (QED) is 0.939. The van der Waals surface area contributed by atoms with Crippen LogP contribution in [0, 0.1) is 11.7 Å². The number of piperidine rings is 1. The van der Waals surface area contributed by atoms with Crippen molar-refractivity contribution in [1.29, 1.82) is 0 Å². The highest BCUT2D eigenvalue weighted by atomic mass is 32.1. The normalized spacial score (nSPS) is 18.1. The number of aromatic nitrogens is 1. The molecule has 1 fully saturated rings. The predicted molar refractivity (Wildman–Crippen MR) is 86.5 cm³/mol. The molecule has 2 heterocycles. The first-order valence-electron chi connectivity index (χ1n) is 7.29. The molecule has 5 nitrogen and oxygen atoms in total. The number of carbonyl (C=O) groups is 2. The second-order valence-corrected chi connectivity index (χ2v) is 6.56. The van der Waals surface area contributed by atoms with Crippen LogP contribution in [0.2, 0.25) is 0 Å². The first-order chi connectivity index (χ1) is 11.0. The second kappa shape index (κ2) is 6.45. The molecule has 0 saturated carbocycles. The monoisotopic (exact) mass is 333 g/mol. The van der Waals surface area contributed by atoms with Gasteiger partial charge in [-0.1, -0.05) is 23.5 Å². The highest BCUT2D eigenvalue weighted by Crippen LogP contribution is 2.30. The van der Waals surface area contributed by atoms with Crippen LogP contribution >= 0.6 is 11.3 Å². The van der Waals surface area contributed by atoms with E-state index in [-0.39, 0.29) is 30.0 Å². The molecule has 1 aliphatic rings. The summed E-state index contributed by atoms with van der Waals surface area (Å²) in [5, 5.41) is 3.21. The molecule has 1 N–H and O–H groups in total. The molecule has 1 aromatic heterocycles. The van der Waals surface area contributed by atoms with E-state index in [9.17, 15) is 14.0 Å². The topological polar surface area (TPSA) is 62.3 Å². The van der Waals surface area contributed by atoms with Gasteiger partial charge in [0.05, 0.1) is 4.88 Å². The molecule has 1 aliphatic heterocycles. The molecule has 1 unspecified atom stereocenters. The van der Waals surface area contributed by atoms with Crippen LogP contribution in [0.4, 0.5) is 9.52 Å². The maximum atomic E-state index is 13.3. The van der Waals surface area contributed by atoms with E-state index >= 15 is 0 Å². The number of halogens is 1. The van der Waals surface area contributed by atoms with Crippen molar-refractivity contribution in [2.45, 2.75) is 12.8 Å². The fraction of sp³-hybridized carbons (Fsp3) is 0.312. The Bertz CT molecular complexity index is 746. The zero-order valence-electron chi connectivity index (χ0n) is 12.6. The number of nitrogens with one attached hydrogen (secondary N) is 1. The van der Waals surface area contributed by atoms with E-state index in [1.165, 1.54) is 23.5 Å². The zero-order valence-corrected chi connectivity index (χ0v) is 13.4. The lowest BCUT2D eigenvalue weighted by molar-refractivity contribution is -0.137. The van der Waals surface area contributed by atoms with Crippen LogP contribution in [0.15, 0.2) is 30.5 Å².